The van der Waals surface area contributed by atoms with Crippen LogP contribution < -0.4 is 5.32 Å². The summed E-state index contributed by atoms with van der Waals surface area (Å²) in [7, 11) is 1.68. The van der Waals surface area contributed by atoms with Gasteiger partial charge in [0.25, 0.3) is 0 Å². The minimum atomic E-state index is -0.288. The Morgan fingerprint density at radius 1 is 1.36 bits per heavy atom. The molecule has 2 unspecified atom stereocenters. The molecule has 1 N–H and O–H groups in total. The van der Waals surface area contributed by atoms with Gasteiger partial charge in [-0.15, -0.1) is 0 Å². The number of benzene rings is 1. The lowest BCUT2D eigenvalue weighted by atomic mass is 10.1. The van der Waals surface area contributed by atoms with Gasteiger partial charge >= 0.3 is 0 Å². The molecular formula is C17H23ClN2O2. The molecule has 1 aromatic rings. The maximum Gasteiger partial charge on any atom is 0.240 e. The van der Waals surface area contributed by atoms with Gasteiger partial charge in [-0.3, -0.25) is 9.59 Å². The van der Waals surface area contributed by atoms with Crippen molar-refractivity contribution >= 4 is 23.4 Å². The molecule has 2 atom stereocenters. The monoisotopic (exact) mass is 322 g/mol. The number of likely N-dealkylation sites (N-methyl/N-ethyl adjacent to an activating group) is 1. The predicted octanol–water partition coefficient (Wildman–Crippen LogP) is 2.82. The lowest BCUT2D eigenvalue weighted by Gasteiger charge is -2.23. The Labute approximate surface area is 136 Å². The van der Waals surface area contributed by atoms with E-state index in [9.17, 15) is 9.59 Å². The molecular weight excluding hydrogens is 300 g/mol. The molecule has 1 aliphatic carbocycles. The van der Waals surface area contributed by atoms with Crippen LogP contribution in [0.2, 0.25) is 5.02 Å². The number of hydrogen-bond acceptors (Lipinski definition) is 2. The number of carbonyl (C=O) groups is 2. The van der Waals surface area contributed by atoms with Crippen LogP contribution in [0.15, 0.2) is 24.3 Å². The zero-order valence-corrected chi connectivity index (χ0v) is 14.3. The highest BCUT2D eigenvalue weighted by atomic mass is 35.5. The predicted molar refractivity (Wildman–Crippen MR) is 87.8 cm³/mol. The molecule has 0 saturated heterocycles. The van der Waals surface area contributed by atoms with Gasteiger partial charge in [-0.05, 0) is 50.8 Å². The van der Waals surface area contributed by atoms with Crippen molar-refractivity contribution < 1.29 is 9.59 Å². The number of rotatable bonds is 4. The Bertz CT molecular complexity index is 580. The van der Waals surface area contributed by atoms with E-state index in [1.54, 1.807) is 7.05 Å². The molecule has 5 heteroatoms. The second kappa shape index (κ2) is 6.29. The lowest BCUT2D eigenvalue weighted by molar-refractivity contribution is -0.136. The van der Waals surface area contributed by atoms with E-state index in [4.69, 9.17) is 11.6 Å². The third kappa shape index (κ3) is 4.47. The quantitative estimate of drug-likeness (QED) is 0.926. The van der Waals surface area contributed by atoms with Crippen molar-refractivity contribution in [3.63, 3.8) is 0 Å². The lowest BCUT2D eigenvalue weighted by Crippen LogP contribution is -2.46. The van der Waals surface area contributed by atoms with Gasteiger partial charge < -0.3 is 10.2 Å². The fourth-order valence-electron chi connectivity index (χ4n) is 2.61. The number of halogens is 1. The first-order chi connectivity index (χ1) is 10.2. The van der Waals surface area contributed by atoms with Crippen LogP contribution >= 0.6 is 11.6 Å². The molecule has 0 heterocycles. The van der Waals surface area contributed by atoms with Crippen LogP contribution in [0.3, 0.4) is 0 Å². The fourth-order valence-corrected chi connectivity index (χ4v) is 2.81. The van der Waals surface area contributed by atoms with Crippen LogP contribution in [0.5, 0.6) is 0 Å². The van der Waals surface area contributed by atoms with Crippen molar-refractivity contribution in [2.75, 3.05) is 13.6 Å². The Morgan fingerprint density at radius 3 is 2.64 bits per heavy atom. The van der Waals surface area contributed by atoms with Gasteiger partial charge in [0.1, 0.15) is 0 Å². The molecule has 22 heavy (non-hydrogen) atoms. The largest absolute Gasteiger partial charge is 0.350 e. The number of nitrogens with one attached hydrogen (secondary N) is 1. The molecule has 2 rings (SSSR count). The minimum absolute atomic E-state index is 0.0223. The molecule has 120 valence electrons. The highest BCUT2D eigenvalue weighted by Gasteiger charge is 2.45. The van der Waals surface area contributed by atoms with E-state index in [1.165, 1.54) is 4.90 Å². The van der Waals surface area contributed by atoms with E-state index in [1.807, 2.05) is 45.0 Å². The third-order valence-electron chi connectivity index (χ3n) is 3.66. The average molecular weight is 323 g/mol. The highest BCUT2D eigenvalue weighted by Crippen LogP contribution is 2.48. The molecule has 1 aromatic carbocycles. The van der Waals surface area contributed by atoms with E-state index in [2.05, 4.69) is 5.32 Å². The normalized spacial score (nSPS) is 20.4. The van der Waals surface area contributed by atoms with Crippen molar-refractivity contribution in [1.82, 2.24) is 10.2 Å². The zero-order chi connectivity index (χ0) is 16.5. The topological polar surface area (TPSA) is 49.4 Å². The smallest absolute Gasteiger partial charge is 0.240 e. The summed E-state index contributed by atoms with van der Waals surface area (Å²) < 4.78 is 0. The number of carbonyl (C=O) groups excluding carboxylic acids is 2. The maximum atomic E-state index is 12.4. The molecule has 0 bridgehead atoms. The average Bonchev–Trinajstić information content (AvgIpc) is 3.15. The molecule has 0 aliphatic heterocycles. The standard InChI is InChI=1S/C17H23ClN2O2/c1-17(2,3)19-15(21)10-20(4)16(22)14-9-13(14)11-6-5-7-12(18)8-11/h5-8,13-14H,9-10H2,1-4H3,(H,19,21). The van der Waals surface area contributed by atoms with Crippen LogP contribution in [-0.2, 0) is 9.59 Å². The van der Waals surface area contributed by atoms with Gasteiger partial charge in [0.05, 0.1) is 6.54 Å². The second-order valence-electron chi connectivity index (χ2n) is 7.00. The van der Waals surface area contributed by atoms with Gasteiger partial charge in [-0.25, -0.2) is 0 Å². The molecule has 1 aliphatic rings. The second-order valence-corrected chi connectivity index (χ2v) is 7.43. The summed E-state index contributed by atoms with van der Waals surface area (Å²) in [5.74, 6) is 0.0718. The number of hydrogen-bond donors (Lipinski definition) is 1. The Morgan fingerprint density at radius 2 is 2.05 bits per heavy atom. The summed E-state index contributed by atoms with van der Waals surface area (Å²) >= 11 is 5.99. The van der Waals surface area contributed by atoms with Crippen molar-refractivity contribution in [2.24, 2.45) is 5.92 Å². The van der Waals surface area contributed by atoms with Gasteiger partial charge in [0, 0.05) is 23.5 Å². The van der Waals surface area contributed by atoms with E-state index in [0.717, 1.165) is 12.0 Å². The van der Waals surface area contributed by atoms with Crippen molar-refractivity contribution in [2.45, 2.75) is 38.6 Å². The van der Waals surface area contributed by atoms with Crippen LogP contribution in [0, 0.1) is 5.92 Å². The number of nitrogens with zero attached hydrogens (tertiary/aromatic N) is 1. The minimum Gasteiger partial charge on any atom is -0.350 e. The molecule has 0 radical (unpaired) electrons. The first kappa shape index (κ1) is 16.8. The van der Waals surface area contributed by atoms with E-state index < -0.39 is 0 Å². The summed E-state index contributed by atoms with van der Waals surface area (Å²) in [6, 6.07) is 7.63. The van der Waals surface area contributed by atoms with Crippen LogP contribution in [0.1, 0.15) is 38.7 Å². The maximum absolute atomic E-state index is 12.4. The van der Waals surface area contributed by atoms with Gasteiger partial charge in [0.2, 0.25) is 11.8 Å². The summed E-state index contributed by atoms with van der Waals surface area (Å²) in [4.78, 5) is 25.8. The van der Waals surface area contributed by atoms with E-state index in [-0.39, 0.29) is 35.7 Å². The summed E-state index contributed by atoms with van der Waals surface area (Å²) in [6.07, 6.45) is 0.824. The van der Waals surface area contributed by atoms with Gasteiger partial charge in [0.15, 0.2) is 0 Å². The van der Waals surface area contributed by atoms with Crippen molar-refractivity contribution in [3.05, 3.63) is 34.9 Å². The summed E-state index contributed by atoms with van der Waals surface area (Å²) in [5.41, 5.74) is 0.808. The molecule has 4 nitrogen and oxygen atoms in total. The molecule has 0 aromatic heterocycles. The first-order valence-electron chi connectivity index (χ1n) is 7.49. The molecule has 2 amide bonds. The fraction of sp³-hybridized carbons (Fsp3) is 0.529. The van der Waals surface area contributed by atoms with E-state index in [0.29, 0.717) is 5.02 Å². The van der Waals surface area contributed by atoms with E-state index >= 15 is 0 Å². The van der Waals surface area contributed by atoms with Crippen molar-refractivity contribution in [1.29, 1.82) is 0 Å². The number of amides is 2. The van der Waals surface area contributed by atoms with Gasteiger partial charge in [-0.2, -0.15) is 0 Å². The first-order valence-corrected chi connectivity index (χ1v) is 7.86. The van der Waals surface area contributed by atoms with Crippen LogP contribution in [0.4, 0.5) is 0 Å². The van der Waals surface area contributed by atoms with Gasteiger partial charge in [-0.1, -0.05) is 23.7 Å². The van der Waals surface area contributed by atoms with Crippen LogP contribution in [-0.4, -0.2) is 35.8 Å². The molecule has 1 saturated carbocycles. The Balaban J connectivity index is 1.89. The molecule has 1 fully saturated rings. The molecule has 0 spiro atoms. The highest BCUT2D eigenvalue weighted by molar-refractivity contribution is 6.30. The van der Waals surface area contributed by atoms with Crippen molar-refractivity contribution in [3.8, 4) is 0 Å². The third-order valence-corrected chi connectivity index (χ3v) is 3.89. The summed E-state index contributed by atoms with van der Waals surface area (Å²) in [5, 5.41) is 3.55. The zero-order valence-electron chi connectivity index (χ0n) is 13.5. The SMILES string of the molecule is CN(CC(=O)NC(C)(C)C)C(=O)C1CC1c1cccc(Cl)c1. The Hall–Kier alpha value is -1.55. The summed E-state index contributed by atoms with van der Waals surface area (Å²) in [6.45, 7) is 5.85. The Kier molecular flexibility index (Phi) is 4.81. The van der Waals surface area contributed by atoms with Crippen LogP contribution in [0.25, 0.3) is 0 Å².